The van der Waals surface area contributed by atoms with Crippen molar-refractivity contribution in [2.75, 3.05) is 12.4 Å². The van der Waals surface area contributed by atoms with E-state index in [1.54, 1.807) is 7.11 Å². The van der Waals surface area contributed by atoms with Gasteiger partial charge in [-0.05, 0) is 42.8 Å². The zero-order chi connectivity index (χ0) is 14.8. The molecule has 0 aliphatic carbocycles. The molecule has 21 heavy (non-hydrogen) atoms. The van der Waals surface area contributed by atoms with Crippen molar-refractivity contribution in [3.63, 3.8) is 0 Å². The first-order valence-electron chi connectivity index (χ1n) is 7.11. The topological polar surface area (TPSA) is 26.2 Å². The first-order chi connectivity index (χ1) is 10.2. The number of benzene rings is 2. The van der Waals surface area contributed by atoms with E-state index < -0.39 is 0 Å². The summed E-state index contributed by atoms with van der Waals surface area (Å²) in [5, 5.41) is 4.74. The highest BCUT2D eigenvalue weighted by molar-refractivity contribution is 5.87. The van der Waals surface area contributed by atoms with E-state index in [1.165, 1.54) is 22.2 Å². The molecule has 0 spiro atoms. The molecule has 1 N–H and O–H groups in total. The zero-order valence-corrected chi connectivity index (χ0v) is 12.7. The minimum Gasteiger partial charge on any atom is -0.497 e. The summed E-state index contributed by atoms with van der Waals surface area (Å²) in [6.07, 6.45) is 0. The van der Waals surface area contributed by atoms with Crippen LogP contribution in [0.5, 0.6) is 5.75 Å². The lowest BCUT2D eigenvalue weighted by Crippen LogP contribution is -2.01. The van der Waals surface area contributed by atoms with Gasteiger partial charge in [-0.2, -0.15) is 0 Å². The fraction of sp³-hybridized carbons (Fsp3) is 0.222. The number of para-hydroxylation sites is 1. The number of nitrogens with one attached hydrogen (secondary N) is 1. The number of aryl methyl sites for hydroxylation is 1. The van der Waals surface area contributed by atoms with Gasteiger partial charge >= 0.3 is 0 Å². The normalized spacial score (nSPS) is 10.8. The summed E-state index contributed by atoms with van der Waals surface area (Å²) in [5.41, 5.74) is 4.96. The highest BCUT2D eigenvalue weighted by atomic mass is 16.5. The summed E-state index contributed by atoms with van der Waals surface area (Å²) in [6, 6.07) is 16.5. The number of hydrogen-bond acceptors (Lipinski definition) is 2. The Bertz CT molecular complexity index is 760. The second kappa shape index (κ2) is 5.52. The molecular weight excluding hydrogens is 260 g/mol. The Balaban J connectivity index is 1.98. The second-order valence-corrected chi connectivity index (χ2v) is 5.23. The molecule has 0 radical (unpaired) electrons. The van der Waals surface area contributed by atoms with Crippen LogP contribution in [0.2, 0.25) is 0 Å². The van der Waals surface area contributed by atoms with Gasteiger partial charge in [0.2, 0.25) is 0 Å². The average molecular weight is 280 g/mol. The van der Waals surface area contributed by atoms with Gasteiger partial charge in [0.1, 0.15) is 5.75 Å². The van der Waals surface area contributed by atoms with E-state index >= 15 is 0 Å². The van der Waals surface area contributed by atoms with Crippen molar-refractivity contribution in [2.45, 2.75) is 13.5 Å². The van der Waals surface area contributed by atoms with E-state index in [-0.39, 0.29) is 0 Å². The van der Waals surface area contributed by atoms with Crippen LogP contribution in [0.1, 0.15) is 11.3 Å². The summed E-state index contributed by atoms with van der Waals surface area (Å²) in [5.74, 6) is 0.897. The van der Waals surface area contributed by atoms with Crippen LogP contribution in [0.15, 0.2) is 48.5 Å². The lowest BCUT2D eigenvalue weighted by atomic mass is 10.1. The molecule has 1 heterocycles. The Morgan fingerprint density at radius 3 is 2.57 bits per heavy atom. The minimum absolute atomic E-state index is 0.806. The molecule has 1 aromatic heterocycles. The van der Waals surface area contributed by atoms with Gasteiger partial charge in [0, 0.05) is 35.9 Å². The molecule has 0 atom stereocenters. The average Bonchev–Trinajstić information content (AvgIpc) is 2.77. The monoisotopic (exact) mass is 280 g/mol. The fourth-order valence-electron chi connectivity index (χ4n) is 2.72. The number of ether oxygens (including phenoxy) is 1. The van der Waals surface area contributed by atoms with Crippen LogP contribution in [-0.2, 0) is 13.6 Å². The van der Waals surface area contributed by atoms with Crippen molar-refractivity contribution in [2.24, 2.45) is 7.05 Å². The number of methoxy groups -OCH3 is 1. The van der Waals surface area contributed by atoms with Gasteiger partial charge in [0.25, 0.3) is 0 Å². The molecule has 2 aromatic carbocycles. The molecule has 0 unspecified atom stereocenters. The fourth-order valence-corrected chi connectivity index (χ4v) is 2.72. The van der Waals surface area contributed by atoms with Crippen LogP contribution < -0.4 is 10.1 Å². The maximum atomic E-state index is 5.36. The van der Waals surface area contributed by atoms with Crippen molar-refractivity contribution in [1.82, 2.24) is 4.57 Å². The summed E-state index contributed by atoms with van der Waals surface area (Å²) in [7, 11) is 3.81. The van der Waals surface area contributed by atoms with Gasteiger partial charge in [-0.3, -0.25) is 0 Å². The van der Waals surface area contributed by atoms with Crippen LogP contribution in [0.25, 0.3) is 10.9 Å². The number of fused-ring (bicyclic) bond motifs is 1. The first-order valence-corrected chi connectivity index (χ1v) is 7.11. The van der Waals surface area contributed by atoms with Crippen molar-refractivity contribution in [3.05, 3.63) is 59.8 Å². The van der Waals surface area contributed by atoms with Gasteiger partial charge in [-0.25, -0.2) is 0 Å². The van der Waals surface area contributed by atoms with Crippen LogP contribution in [0, 0.1) is 6.92 Å². The molecule has 0 saturated carbocycles. The van der Waals surface area contributed by atoms with Crippen molar-refractivity contribution < 1.29 is 4.74 Å². The third-order valence-corrected chi connectivity index (χ3v) is 4.07. The number of anilines is 1. The van der Waals surface area contributed by atoms with E-state index in [9.17, 15) is 0 Å². The summed E-state index contributed by atoms with van der Waals surface area (Å²) in [6.45, 7) is 2.97. The van der Waals surface area contributed by atoms with Crippen molar-refractivity contribution in [1.29, 1.82) is 0 Å². The highest BCUT2D eigenvalue weighted by Crippen LogP contribution is 2.29. The molecule has 0 bridgehead atoms. The maximum Gasteiger partial charge on any atom is 0.119 e. The number of rotatable bonds is 4. The quantitative estimate of drug-likeness (QED) is 0.778. The Morgan fingerprint density at radius 2 is 1.86 bits per heavy atom. The van der Waals surface area contributed by atoms with Crippen molar-refractivity contribution in [3.8, 4) is 5.75 Å². The third-order valence-electron chi connectivity index (χ3n) is 4.07. The molecule has 3 nitrogen and oxygen atoms in total. The van der Waals surface area contributed by atoms with Gasteiger partial charge in [-0.15, -0.1) is 0 Å². The SMILES string of the molecule is COc1ccc2c(c1)c(CNc1ccccc1)c(C)n2C. The Labute approximate surface area is 125 Å². The molecule has 0 amide bonds. The predicted molar refractivity (Wildman–Crippen MR) is 88.0 cm³/mol. The summed E-state index contributed by atoms with van der Waals surface area (Å²) >= 11 is 0. The van der Waals surface area contributed by atoms with Gasteiger partial charge in [0.05, 0.1) is 7.11 Å². The standard InChI is InChI=1S/C18H20N2O/c1-13-17(12-19-14-7-5-4-6-8-14)16-11-15(21-3)9-10-18(16)20(13)2/h4-11,19H,12H2,1-3H3. The number of hydrogen-bond donors (Lipinski definition) is 1. The van der Waals surface area contributed by atoms with Crippen LogP contribution in [-0.4, -0.2) is 11.7 Å². The molecule has 0 aliphatic heterocycles. The van der Waals surface area contributed by atoms with E-state index in [4.69, 9.17) is 4.74 Å². The molecule has 3 heteroatoms. The smallest absolute Gasteiger partial charge is 0.119 e. The molecule has 0 saturated heterocycles. The molecule has 3 rings (SSSR count). The van der Waals surface area contributed by atoms with Crippen LogP contribution in [0.3, 0.4) is 0 Å². The van der Waals surface area contributed by atoms with E-state index in [2.05, 4.69) is 48.1 Å². The highest BCUT2D eigenvalue weighted by Gasteiger charge is 2.12. The summed E-state index contributed by atoms with van der Waals surface area (Å²) in [4.78, 5) is 0. The maximum absolute atomic E-state index is 5.36. The van der Waals surface area contributed by atoms with E-state index in [1.807, 2.05) is 24.3 Å². The molecule has 0 aliphatic rings. The van der Waals surface area contributed by atoms with Gasteiger partial charge in [-0.1, -0.05) is 18.2 Å². The Morgan fingerprint density at radius 1 is 1.10 bits per heavy atom. The van der Waals surface area contributed by atoms with E-state index in [0.717, 1.165) is 18.0 Å². The minimum atomic E-state index is 0.806. The summed E-state index contributed by atoms with van der Waals surface area (Å²) < 4.78 is 7.59. The van der Waals surface area contributed by atoms with E-state index in [0.29, 0.717) is 0 Å². The number of aromatic nitrogens is 1. The van der Waals surface area contributed by atoms with Gasteiger partial charge in [0.15, 0.2) is 0 Å². The second-order valence-electron chi connectivity index (χ2n) is 5.23. The molecule has 3 aromatic rings. The Hall–Kier alpha value is -2.42. The Kier molecular flexibility index (Phi) is 3.57. The van der Waals surface area contributed by atoms with Gasteiger partial charge < -0.3 is 14.6 Å². The van der Waals surface area contributed by atoms with Crippen LogP contribution in [0.4, 0.5) is 5.69 Å². The zero-order valence-electron chi connectivity index (χ0n) is 12.7. The molecular formula is C18H20N2O. The lowest BCUT2D eigenvalue weighted by Gasteiger charge is -2.07. The predicted octanol–water partition coefficient (Wildman–Crippen LogP) is 4.11. The number of nitrogens with zero attached hydrogens (tertiary/aromatic N) is 1. The largest absolute Gasteiger partial charge is 0.497 e. The molecule has 0 fully saturated rings. The van der Waals surface area contributed by atoms with Crippen molar-refractivity contribution >= 4 is 16.6 Å². The molecule has 108 valence electrons. The first kappa shape index (κ1) is 13.6. The van der Waals surface area contributed by atoms with Crippen LogP contribution >= 0.6 is 0 Å². The third kappa shape index (κ3) is 2.47. The lowest BCUT2D eigenvalue weighted by molar-refractivity contribution is 0.415.